The topological polar surface area (TPSA) is 54.3 Å². The Balaban J connectivity index is 1.77. The van der Waals surface area contributed by atoms with Gasteiger partial charge >= 0.3 is 0 Å². The minimum Gasteiger partial charge on any atom is -0.332 e. The highest BCUT2D eigenvalue weighted by atomic mass is 16.2. The minimum atomic E-state index is -0.207. The van der Waals surface area contributed by atoms with Crippen molar-refractivity contribution in [1.29, 1.82) is 0 Å². The van der Waals surface area contributed by atoms with Crippen molar-refractivity contribution >= 4 is 5.91 Å². The van der Waals surface area contributed by atoms with E-state index < -0.39 is 0 Å². The van der Waals surface area contributed by atoms with Crippen molar-refractivity contribution in [1.82, 2.24) is 9.99 Å². The number of aromatic nitrogens is 1. The van der Waals surface area contributed by atoms with Crippen LogP contribution in [0.3, 0.4) is 0 Å². The molecule has 0 unspecified atom stereocenters. The van der Waals surface area contributed by atoms with E-state index in [1.165, 1.54) is 22.3 Å². The molecular weight excluding hydrogens is 350 g/mol. The lowest BCUT2D eigenvalue weighted by Gasteiger charge is -2.40. The van der Waals surface area contributed by atoms with E-state index >= 15 is 0 Å². The molecule has 0 saturated heterocycles. The molecule has 2 aliphatic rings. The molecule has 1 amide bonds. The maximum absolute atomic E-state index is 12.5. The van der Waals surface area contributed by atoms with E-state index in [0.29, 0.717) is 17.9 Å². The molecule has 1 aliphatic carbocycles. The average molecular weight is 371 g/mol. The molecule has 5 rings (SSSR count). The third kappa shape index (κ3) is 2.47. The lowest BCUT2D eigenvalue weighted by molar-refractivity contribution is 0.0919. The summed E-state index contributed by atoms with van der Waals surface area (Å²) in [7, 11) is 0. The summed E-state index contributed by atoms with van der Waals surface area (Å²) in [6.07, 6.45) is 3.69. The Morgan fingerprint density at radius 2 is 1.50 bits per heavy atom. The second-order valence-electron chi connectivity index (χ2n) is 7.40. The maximum Gasteiger partial charge on any atom is 0.271 e. The Morgan fingerprint density at radius 3 is 2.14 bits per heavy atom. The normalized spacial score (nSPS) is 15.9. The Bertz CT molecular complexity index is 1100. The van der Waals surface area contributed by atoms with Gasteiger partial charge in [0.25, 0.3) is 5.91 Å². The number of hydrogen-bond donors (Lipinski definition) is 1. The zero-order chi connectivity index (χ0) is 19.3. The van der Waals surface area contributed by atoms with Crippen molar-refractivity contribution in [3.63, 3.8) is 0 Å². The lowest BCUT2D eigenvalue weighted by Crippen LogP contribution is -2.54. The number of pyridine rings is 1. The molecule has 5 nitrogen and oxygen atoms in total. The Labute approximate surface area is 163 Å². The van der Waals surface area contributed by atoms with Crippen molar-refractivity contribution in [2.24, 2.45) is 0 Å². The quantitative estimate of drug-likeness (QED) is 0.716. The van der Waals surface area contributed by atoms with Gasteiger partial charge in [0.1, 0.15) is 12.4 Å². The largest absolute Gasteiger partial charge is 0.332 e. The highest BCUT2D eigenvalue weighted by Crippen LogP contribution is 2.36. The zero-order valence-electron chi connectivity index (χ0n) is 15.7. The summed E-state index contributed by atoms with van der Waals surface area (Å²) < 4.78 is 1.86. The van der Waals surface area contributed by atoms with Gasteiger partial charge < -0.3 is 5.32 Å². The van der Waals surface area contributed by atoms with Gasteiger partial charge in [0.2, 0.25) is 0 Å². The number of hydrogen-bond acceptors (Lipinski definition) is 3. The number of carbonyl (C=O) groups is 1. The molecule has 0 radical (unpaired) electrons. The van der Waals surface area contributed by atoms with Crippen LogP contribution in [0, 0.1) is 6.92 Å². The molecule has 2 heterocycles. The number of aryl methyl sites for hydroxylation is 2. The minimum absolute atomic E-state index is 0.0452. The average Bonchev–Trinajstić information content (AvgIpc) is 2.88. The van der Waals surface area contributed by atoms with Crippen LogP contribution in [-0.4, -0.2) is 17.3 Å². The number of benzene rings is 2. The van der Waals surface area contributed by atoms with Gasteiger partial charge in [0, 0.05) is 17.8 Å². The van der Waals surface area contributed by atoms with Gasteiger partial charge in [-0.1, -0.05) is 48.5 Å². The summed E-state index contributed by atoms with van der Waals surface area (Å²) in [6.45, 7) is 2.09. The number of fused-ring (bicyclic) bond motifs is 3. The molecule has 5 heteroatoms. The summed E-state index contributed by atoms with van der Waals surface area (Å²) in [4.78, 5) is 24.7. The van der Waals surface area contributed by atoms with Crippen molar-refractivity contribution in [3.8, 4) is 0 Å². The van der Waals surface area contributed by atoms with E-state index in [-0.39, 0.29) is 17.4 Å². The van der Waals surface area contributed by atoms with Gasteiger partial charge in [0.15, 0.2) is 5.43 Å². The van der Waals surface area contributed by atoms with Crippen LogP contribution >= 0.6 is 0 Å². The SMILES string of the molecule is Cc1c2n(ccc1=O)N(C1c3ccccc3CCc3ccccc31)CNC2=O. The van der Waals surface area contributed by atoms with E-state index in [0.717, 1.165) is 12.8 Å². The number of carbonyl (C=O) groups excluding carboxylic acids is 1. The predicted octanol–water partition coefficient (Wildman–Crippen LogP) is 2.68. The van der Waals surface area contributed by atoms with Gasteiger partial charge in [-0.15, -0.1) is 0 Å². The lowest BCUT2D eigenvalue weighted by atomic mass is 9.94. The van der Waals surface area contributed by atoms with Gasteiger partial charge in [-0.2, -0.15) is 0 Å². The third-order valence-corrected chi connectivity index (χ3v) is 5.88. The summed E-state index contributed by atoms with van der Waals surface area (Å²) in [5.74, 6) is -0.207. The molecule has 28 heavy (non-hydrogen) atoms. The zero-order valence-corrected chi connectivity index (χ0v) is 15.7. The number of rotatable bonds is 1. The molecule has 0 atom stereocenters. The van der Waals surface area contributed by atoms with E-state index in [9.17, 15) is 9.59 Å². The summed E-state index contributed by atoms with van der Waals surface area (Å²) in [6, 6.07) is 18.5. The summed E-state index contributed by atoms with van der Waals surface area (Å²) in [5.41, 5.74) is 5.89. The number of amides is 1. The van der Waals surface area contributed by atoms with Crippen LogP contribution in [-0.2, 0) is 12.8 Å². The number of nitrogens with zero attached hydrogens (tertiary/aromatic N) is 2. The van der Waals surface area contributed by atoms with Crippen LogP contribution in [0.4, 0.5) is 0 Å². The fourth-order valence-electron chi connectivity index (χ4n) is 4.46. The van der Waals surface area contributed by atoms with Gasteiger partial charge in [-0.05, 0) is 42.0 Å². The molecular formula is C23H21N3O2. The smallest absolute Gasteiger partial charge is 0.271 e. The molecule has 1 aromatic heterocycles. The van der Waals surface area contributed by atoms with Gasteiger partial charge in [-0.25, -0.2) is 0 Å². The molecule has 0 spiro atoms. The fraction of sp³-hybridized carbons (Fsp3) is 0.217. The first-order valence-electron chi connectivity index (χ1n) is 9.58. The first-order chi connectivity index (χ1) is 13.6. The van der Waals surface area contributed by atoms with E-state index in [2.05, 4.69) is 58.9 Å². The standard InChI is InChI=1S/C23H21N3O2/c1-15-20(27)12-13-25-21(15)23(28)24-14-26(25)22-18-8-4-2-6-16(18)10-11-17-7-3-5-9-19(17)22/h2-9,12-13,22H,10-11,14H2,1H3,(H,24,28). The van der Waals surface area contributed by atoms with E-state index in [4.69, 9.17) is 0 Å². The Kier molecular flexibility index (Phi) is 3.83. The van der Waals surface area contributed by atoms with Crippen LogP contribution in [0.15, 0.2) is 65.6 Å². The second kappa shape index (κ2) is 6.37. The predicted molar refractivity (Wildman–Crippen MR) is 108 cm³/mol. The van der Waals surface area contributed by atoms with Crippen molar-refractivity contribution < 1.29 is 4.79 Å². The second-order valence-corrected chi connectivity index (χ2v) is 7.40. The molecule has 140 valence electrons. The van der Waals surface area contributed by atoms with Crippen molar-refractivity contribution in [3.05, 3.63) is 105 Å². The van der Waals surface area contributed by atoms with Crippen molar-refractivity contribution in [2.75, 3.05) is 11.7 Å². The first-order valence-corrected chi connectivity index (χ1v) is 9.58. The Morgan fingerprint density at radius 1 is 0.893 bits per heavy atom. The maximum atomic E-state index is 12.5. The van der Waals surface area contributed by atoms with E-state index in [1.54, 1.807) is 19.2 Å². The van der Waals surface area contributed by atoms with Crippen LogP contribution in [0.1, 0.15) is 44.3 Å². The third-order valence-electron chi connectivity index (χ3n) is 5.88. The van der Waals surface area contributed by atoms with Crippen molar-refractivity contribution in [2.45, 2.75) is 25.8 Å². The van der Waals surface area contributed by atoms with E-state index in [1.807, 2.05) is 4.68 Å². The molecule has 2 aromatic carbocycles. The van der Waals surface area contributed by atoms with Crippen LogP contribution in [0.2, 0.25) is 0 Å². The van der Waals surface area contributed by atoms with Gasteiger partial charge in [0.05, 0.1) is 6.04 Å². The summed E-state index contributed by atoms with van der Waals surface area (Å²) in [5, 5.41) is 5.11. The van der Waals surface area contributed by atoms with Crippen LogP contribution in [0.5, 0.6) is 0 Å². The van der Waals surface area contributed by atoms with Crippen LogP contribution in [0.25, 0.3) is 0 Å². The van der Waals surface area contributed by atoms with Crippen LogP contribution < -0.4 is 15.8 Å². The molecule has 0 saturated carbocycles. The Hall–Kier alpha value is -3.34. The molecule has 0 fully saturated rings. The number of nitrogens with one attached hydrogen (secondary N) is 1. The summed E-state index contributed by atoms with van der Waals surface area (Å²) >= 11 is 0. The molecule has 3 aromatic rings. The highest BCUT2D eigenvalue weighted by Gasteiger charge is 2.33. The highest BCUT2D eigenvalue weighted by molar-refractivity contribution is 5.95. The molecule has 1 N–H and O–H groups in total. The fourth-order valence-corrected chi connectivity index (χ4v) is 4.46. The molecule has 0 bridgehead atoms. The monoisotopic (exact) mass is 371 g/mol. The molecule has 1 aliphatic heterocycles. The van der Waals surface area contributed by atoms with Gasteiger partial charge in [-0.3, -0.25) is 19.3 Å². The first kappa shape index (κ1) is 16.8.